The fourth-order valence-electron chi connectivity index (χ4n) is 2.10. The van der Waals surface area contributed by atoms with Gasteiger partial charge in [-0.2, -0.15) is 0 Å². The molecule has 0 spiro atoms. The largest absolute Gasteiger partial charge is 0.490 e. The second kappa shape index (κ2) is 8.45. The Bertz CT molecular complexity index is 492. The van der Waals surface area contributed by atoms with Crippen molar-refractivity contribution in [2.24, 2.45) is 5.92 Å². The topological polar surface area (TPSA) is 52.6 Å². The first kappa shape index (κ1) is 17.2. The molecule has 21 heavy (non-hydrogen) atoms. The summed E-state index contributed by atoms with van der Waals surface area (Å²) < 4.78 is 11.0. The van der Waals surface area contributed by atoms with Gasteiger partial charge in [-0.25, -0.2) is 0 Å². The Labute approximate surface area is 126 Å². The highest BCUT2D eigenvalue weighted by Gasteiger charge is 2.19. The van der Waals surface area contributed by atoms with Gasteiger partial charge in [0.15, 0.2) is 17.3 Å². The van der Waals surface area contributed by atoms with Crippen molar-refractivity contribution in [1.82, 2.24) is 0 Å². The highest BCUT2D eigenvalue weighted by atomic mass is 16.5. The first-order chi connectivity index (χ1) is 9.99. The first-order valence-electron chi connectivity index (χ1n) is 7.43. The van der Waals surface area contributed by atoms with Crippen LogP contribution in [0.25, 0.3) is 0 Å². The van der Waals surface area contributed by atoms with Crippen molar-refractivity contribution in [2.75, 3.05) is 13.2 Å². The molecule has 1 aromatic carbocycles. The molecular formula is C17H24O4. The maximum Gasteiger partial charge on any atom is 0.174 e. The summed E-state index contributed by atoms with van der Waals surface area (Å²) >= 11 is 0. The van der Waals surface area contributed by atoms with Crippen LogP contribution in [0.4, 0.5) is 0 Å². The van der Waals surface area contributed by atoms with E-state index in [1.54, 1.807) is 18.2 Å². The van der Waals surface area contributed by atoms with E-state index in [-0.39, 0.29) is 23.9 Å². The third-order valence-corrected chi connectivity index (χ3v) is 2.86. The standard InChI is InChI=1S/C17H24O4/c1-5-20-16-9-7-8-14(17(16)21-6-2)15(19)11-13(18)10-12(3)4/h7-9,12H,5-6,10-11H2,1-4H3. The molecule has 0 aliphatic carbocycles. The molecule has 0 bridgehead atoms. The van der Waals surface area contributed by atoms with Gasteiger partial charge in [-0.1, -0.05) is 19.9 Å². The van der Waals surface area contributed by atoms with Crippen molar-refractivity contribution in [2.45, 2.75) is 40.5 Å². The Hall–Kier alpha value is -1.84. The molecule has 0 unspecified atom stereocenters. The fraction of sp³-hybridized carbons (Fsp3) is 0.529. The summed E-state index contributed by atoms with van der Waals surface area (Å²) in [6.07, 6.45) is 0.328. The molecule has 0 heterocycles. The van der Waals surface area contributed by atoms with Crippen LogP contribution in [0.3, 0.4) is 0 Å². The molecule has 0 saturated carbocycles. The Morgan fingerprint density at radius 3 is 2.33 bits per heavy atom. The molecule has 0 saturated heterocycles. The van der Waals surface area contributed by atoms with Crippen LogP contribution in [0.1, 0.15) is 50.9 Å². The molecule has 1 rings (SSSR count). The Kier molecular flexibility index (Phi) is 6.92. The summed E-state index contributed by atoms with van der Waals surface area (Å²) in [5.41, 5.74) is 0.417. The van der Waals surface area contributed by atoms with E-state index in [4.69, 9.17) is 9.47 Å². The van der Waals surface area contributed by atoms with Gasteiger partial charge < -0.3 is 9.47 Å². The zero-order valence-electron chi connectivity index (χ0n) is 13.3. The molecule has 0 atom stereocenters. The molecule has 4 heteroatoms. The van der Waals surface area contributed by atoms with Gasteiger partial charge in [0.2, 0.25) is 0 Å². The number of carbonyl (C=O) groups is 2. The average molecular weight is 292 g/mol. The van der Waals surface area contributed by atoms with Crippen LogP contribution in [0.15, 0.2) is 18.2 Å². The van der Waals surface area contributed by atoms with E-state index in [0.29, 0.717) is 36.7 Å². The normalized spacial score (nSPS) is 10.5. The summed E-state index contributed by atoms with van der Waals surface area (Å²) in [5, 5.41) is 0. The summed E-state index contributed by atoms with van der Waals surface area (Å²) in [7, 11) is 0. The van der Waals surface area contributed by atoms with E-state index in [0.717, 1.165) is 0 Å². The van der Waals surface area contributed by atoms with Crippen LogP contribution in [0, 0.1) is 5.92 Å². The quantitative estimate of drug-likeness (QED) is 0.514. The number of ketones is 2. The molecule has 0 N–H and O–H groups in total. The van der Waals surface area contributed by atoms with Gasteiger partial charge in [0.1, 0.15) is 5.78 Å². The van der Waals surface area contributed by atoms with Gasteiger partial charge in [-0.15, -0.1) is 0 Å². The third-order valence-electron chi connectivity index (χ3n) is 2.86. The zero-order valence-corrected chi connectivity index (χ0v) is 13.3. The number of para-hydroxylation sites is 1. The van der Waals surface area contributed by atoms with E-state index in [1.165, 1.54) is 0 Å². The Morgan fingerprint density at radius 1 is 1.10 bits per heavy atom. The molecule has 116 valence electrons. The number of rotatable bonds is 9. The molecule has 0 aliphatic heterocycles. The third kappa shape index (κ3) is 5.21. The molecular weight excluding hydrogens is 268 g/mol. The van der Waals surface area contributed by atoms with E-state index in [2.05, 4.69) is 0 Å². The lowest BCUT2D eigenvalue weighted by Gasteiger charge is -2.14. The zero-order chi connectivity index (χ0) is 15.8. The van der Waals surface area contributed by atoms with E-state index in [9.17, 15) is 9.59 Å². The minimum Gasteiger partial charge on any atom is -0.490 e. The van der Waals surface area contributed by atoms with Crippen LogP contribution in [-0.4, -0.2) is 24.8 Å². The summed E-state index contributed by atoms with van der Waals surface area (Å²) in [6.45, 7) is 8.57. The lowest BCUT2D eigenvalue weighted by atomic mass is 9.99. The van der Waals surface area contributed by atoms with Crippen molar-refractivity contribution in [1.29, 1.82) is 0 Å². The van der Waals surface area contributed by atoms with Crippen molar-refractivity contribution in [3.63, 3.8) is 0 Å². The van der Waals surface area contributed by atoms with Gasteiger partial charge in [-0.3, -0.25) is 9.59 Å². The monoisotopic (exact) mass is 292 g/mol. The van der Waals surface area contributed by atoms with Gasteiger partial charge in [0, 0.05) is 6.42 Å². The minimum absolute atomic E-state index is 0.0424. The molecule has 0 aromatic heterocycles. The van der Waals surface area contributed by atoms with E-state index < -0.39 is 0 Å². The van der Waals surface area contributed by atoms with Gasteiger partial charge in [-0.05, 0) is 31.9 Å². The number of hydrogen-bond donors (Lipinski definition) is 0. The molecule has 0 radical (unpaired) electrons. The lowest BCUT2D eigenvalue weighted by Crippen LogP contribution is -2.12. The molecule has 0 fully saturated rings. The van der Waals surface area contributed by atoms with Crippen molar-refractivity contribution < 1.29 is 19.1 Å². The highest BCUT2D eigenvalue weighted by molar-refractivity contribution is 6.09. The van der Waals surface area contributed by atoms with Crippen LogP contribution < -0.4 is 9.47 Å². The van der Waals surface area contributed by atoms with Gasteiger partial charge in [0.25, 0.3) is 0 Å². The Morgan fingerprint density at radius 2 is 1.76 bits per heavy atom. The van der Waals surface area contributed by atoms with Gasteiger partial charge in [0.05, 0.1) is 25.2 Å². The van der Waals surface area contributed by atoms with Crippen LogP contribution in [0.2, 0.25) is 0 Å². The summed E-state index contributed by atoms with van der Waals surface area (Å²) in [5.74, 6) is 0.974. The number of Topliss-reactive ketones (excluding diaryl/α,β-unsaturated/α-hetero) is 2. The summed E-state index contributed by atoms with van der Waals surface area (Å²) in [4.78, 5) is 24.2. The first-order valence-corrected chi connectivity index (χ1v) is 7.43. The molecule has 0 aliphatic rings. The second-order valence-electron chi connectivity index (χ2n) is 5.24. The van der Waals surface area contributed by atoms with E-state index >= 15 is 0 Å². The molecule has 0 amide bonds. The minimum atomic E-state index is -0.217. The number of benzene rings is 1. The van der Waals surface area contributed by atoms with Crippen LogP contribution in [-0.2, 0) is 4.79 Å². The number of hydrogen-bond acceptors (Lipinski definition) is 4. The van der Waals surface area contributed by atoms with Crippen LogP contribution >= 0.6 is 0 Å². The highest BCUT2D eigenvalue weighted by Crippen LogP contribution is 2.32. The average Bonchev–Trinajstić information content (AvgIpc) is 2.40. The van der Waals surface area contributed by atoms with Gasteiger partial charge >= 0.3 is 0 Å². The predicted octanol–water partition coefficient (Wildman–Crippen LogP) is 3.67. The molecule has 4 nitrogen and oxygen atoms in total. The Balaban J connectivity index is 2.97. The van der Waals surface area contributed by atoms with Crippen molar-refractivity contribution in [3.05, 3.63) is 23.8 Å². The second-order valence-corrected chi connectivity index (χ2v) is 5.24. The molecule has 1 aromatic rings. The van der Waals surface area contributed by atoms with E-state index in [1.807, 2.05) is 27.7 Å². The van der Waals surface area contributed by atoms with Crippen LogP contribution in [0.5, 0.6) is 11.5 Å². The number of carbonyl (C=O) groups excluding carboxylic acids is 2. The SMILES string of the molecule is CCOc1cccc(C(=O)CC(=O)CC(C)C)c1OCC. The van der Waals surface area contributed by atoms with Crippen molar-refractivity contribution >= 4 is 11.6 Å². The number of ether oxygens (including phenoxy) is 2. The fourth-order valence-corrected chi connectivity index (χ4v) is 2.10. The lowest BCUT2D eigenvalue weighted by molar-refractivity contribution is -0.118. The maximum absolute atomic E-state index is 12.3. The summed E-state index contributed by atoms with van der Waals surface area (Å²) in [6, 6.07) is 5.19. The predicted molar refractivity (Wildman–Crippen MR) is 82.2 cm³/mol. The van der Waals surface area contributed by atoms with Crippen molar-refractivity contribution in [3.8, 4) is 11.5 Å². The smallest absolute Gasteiger partial charge is 0.174 e. The maximum atomic E-state index is 12.3.